The molecular formula is C15H20N4O2Y-2. The van der Waals surface area contributed by atoms with Crippen LogP contribution in [0.15, 0.2) is 24.3 Å². The molecule has 2 rings (SSSR count). The van der Waals surface area contributed by atoms with E-state index in [2.05, 4.69) is 15.5 Å². The number of nitrogens with zero attached hydrogens (tertiary/aromatic N) is 2. The molecule has 22 heavy (non-hydrogen) atoms. The van der Waals surface area contributed by atoms with Crippen molar-refractivity contribution in [2.45, 2.75) is 26.8 Å². The van der Waals surface area contributed by atoms with Crippen molar-refractivity contribution in [2.24, 2.45) is 11.1 Å². The number of fused-ring (bicyclic) bond motifs is 1. The first-order chi connectivity index (χ1) is 9.30. The summed E-state index contributed by atoms with van der Waals surface area (Å²) < 4.78 is 0. The van der Waals surface area contributed by atoms with Crippen LogP contribution in [0.5, 0.6) is 0 Å². The monoisotopic (exact) mass is 377 g/mol. The van der Waals surface area contributed by atoms with Gasteiger partial charge in [-0.3, -0.25) is 9.59 Å². The van der Waals surface area contributed by atoms with Gasteiger partial charge in [-0.1, -0.05) is 45.0 Å². The second kappa shape index (κ2) is 7.83. The molecule has 0 spiro atoms. The minimum absolute atomic E-state index is 0. The van der Waals surface area contributed by atoms with Gasteiger partial charge in [0.1, 0.15) is 11.7 Å². The molecule has 0 bridgehead atoms. The topological polar surface area (TPSA) is 99.2 Å². The second-order valence-electron chi connectivity index (χ2n) is 5.74. The Bertz CT molecular complexity index is 661. The Morgan fingerprint density at radius 3 is 2.41 bits per heavy atom. The van der Waals surface area contributed by atoms with Crippen molar-refractivity contribution in [1.29, 1.82) is 0 Å². The van der Waals surface area contributed by atoms with E-state index in [0.717, 1.165) is 0 Å². The average Bonchev–Trinajstić information content (AvgIpc) is 2.77. The van der Waals surface area contributed by atoms with Crippen molar-refractivity contribution in [3.63, 3.8) is 0 Å². The van der Waals surface area contributed by atoms with Crippen LogP contribution in [-0.4, -0.2) is 23.0 Å². The third kappa shape index (κ3) is 4.37. The molecule has 0 fully saturated rings. The van der Waals surface area contributed by atoms with Crippen LogP contribution in [0.2, 0.25) is 0 Å². The molecule has 0 aliphatic carbocycles. The number of aromatic nitrogens is 2. The van der Waals surface area contributed by atoms with Gasteiger partial charge in [-0.05, 0) is 10.8 Å². The fourth-order valence-corrected chi connectivity index (χ4v) is 2.00. The van der Waals surface area contributed by atoms with Crippen molar-refractivity contribution in [2.75, 3.05) is 0 Å². The second-order valence-corrected chi connectivity index (χ2v) is 5.74. The smallest absolute Gasteiger partial charge is 0.269 e. The molecule has 6 nitrogen and oxygen atoms in total. The minimum atomic E-state index is -0.773. The van der Waals surface area contributed by atoms with Crippen LogP contribution in [0.25, 0.3) is 10.9 Å². The molecule has 0 saturated carbocycles. The summed E-state index contributed by atoms with van der Waals surface area (Å²) in [6, 6.07) is 6.39. The van der Waals surface area contributed by atoms with Crippen LogP contribution >= 0.6 is 0 Å². The van der Waals surface area contributed by atoms with Gasteiger partial charge in [-0.2, -0.15) is 0 Å². The van der Waals surface area contributed by atoms with E-state index >= 15 is 0 Å². The molecule has 0 aliphatic heterocycles. The molecule has 2 aromatic rings. The van der Waals surface area contributed by atoms with Crippen LogP contribution in [0.1, 0.15) is 31.3 Å². The first kappa shape index (κ1) is 20.7. The number of carbonyl (C=O) groups excluding carboxylic acids is 2. The quantitative estimate of drug-likeness (QED) is 0.787. The fraction of sp³-hybridized carbons (Fsp3) is 0.333. The summed E-state index contributed by atoms with van der Waals surface area (Å²) in [5, 5.41) is 11.1. The van der Waals surface area contributed by atoms with E-state index in [1.807, 2.05) is 26.8 Å². The average molecular weight is 377 g/mol. The number of primary amides is 1. The van der Waals surface area contributed by atoms with E-state index < -0.39 is 23.3 Å². The normalized spacial score (nSPS) is 12.0. The van der Waals surface area contributed by atoms with Crippen molar-refractivity contribution in [3.05, 3.63) is 37.4 Å². The molecule has 3 N–H and O–H groups in total. The Morgan fingerprint density at radius 1 is 1.27 bits per heavy atom. The summed E-state index contributed by atoms with van der Waals surface area (Å²) >= 11 is 0. The van der Waals surface area contributed by atoms with Crippen molar-refractivity contribution < 1.29 is 42.3 Å². The number of hydrogen-bond acceptors (Lipinski definition) is 3. The summed E-state index contributed by atoms with van der Waals surface area (Å²) in [5.41, 5.74) is 5.72. The number of nitrogens with two attached hydrogens (primary N) is 1. The van der Waals surface area contributed by atoms with E-state index in [-0.39, 0.29) is 45.8 Å². The largest absolute Gasteiger partial charge is 0.574 e. The summed E-state index contributed by atoms with van der Waals surface area (Å²) in [4.78, 5) is 23.7. The fourth-order valence-electron chi connectivity index (χ4n) is 2.00. The predicted octanol–water partition coefficient (Wildman–Crippen LogP) is 1.27. The van der Waals surface area contributed by atoms with Gasteiger partial charge in [0, 0.05) is 32.7 Å². The molecule has 0 aliphatic rings. The first-order valence-electron chi connectivity index (χ1n) is 6.29. The molecular weight excluding hydrogens is 357 g/mol. The zero-order chi connectivity index (χ0) is 14.9. The van der Waals surface area contributed by atoms with Gasteiger partial charge in [0.05, 0.1) is 0 Å². The van der Waals surface area contributed by atoms with Gasteiger partial charge >= 0.3 is 0 Å². The summed E-state index contributed by atoms with van der Waals surface area (Å²) in [5.74, 6) is -1.02. The molecule has 1 radical (unpaired) electrons. The Morgan fingerprint density at radius 2 is 1.86 bits per heavy atom. The maximum Gasteiger partial charge on any atom is 0.269 e. The molecule has 0 saturated heterocycles. The van der Waals surface area contributed by atoms with E-state index in [1.54, 1.807) is 18.2 Å². The summed E-state index contributed by atoms with van der Waals surface area (Å²) in [6.45, 7) is 5.49. The first-order valence-corrected chi connectivity index (χ1v) is 6.29. The molecule has 1 heterocycles. The van der Waals surface area contributed by atoms with Crippen LogP contribution in [-0.2, 0) is 37.5 Å². The number of rotatable bonds is 3. The van der Waals surface area contributed by atoms with Gasteiger partial charge in [0.2, 0.25) is 5.91 Å². The molecule has 2 amide bonds. The maximum atomic E-state index is 12.3. The zero-order valence-corrected chi connectivity index (χ0v) is 16.1. The number of nitrogens with one attached hydrogen (secondary N) is 1. The molecule has 1 aromatic heterocycles. The van der Waals surface area contributed by atoms with Gasteiger partial charge in [0.25, 0.3) is 5.91 Å². The molecule has 1 unspecified atom stereocenters. The number of carbonyl (C=O) groups is 2. The predicted molar refractivity (Wildman–Crippen MR) is 81.4 cm³/mol. The van der Waals surface area contributed by atoms with Crippen LogP contribution in [0, 0.1) is 12.8 Å². The number of amides is 2. The summed E-state index contributed by atoms with van der Waals surface area (Å²) in [6.07, 6.45) is 0. The van der Waals surface area contributed by atoms with Crippen LogP contribution < -0.4 is 16.1 Å². The van der Waals surface area contributed by atoms with E-state index in [1.165, 1.54) is 0 Å². The Hall–Kier alpha value is -1.27. The SMILES string of the molecule is CC(C)(C)C(NC(=O)c1n[n-]c2ccccc12)C(N)=O.[CH3-].[Y]. The maximum absolute atomic E-state index is 12.3. The van der Waals surface area contributed by atoms with Gasteiger partial charge < -0.3 is 28.7 Å². The standard InChI is InChI=1S/C14H18N4O2.CH3.Y/c1-14(2,3)11(12(15)19)16-13(20)10-8-6-4-5-7-9(8)17-18-10;;/h4-7,11H,1-3H3,(H4,15,16,17,18,19,20);1H3;/q;-1;/p-1. The zero-order valence-electron chi connectivity index (χ0n) is 13.3. The molecule has 7 heteroatoms. The van der Waals surface area contributed by atoms with Gasteiger partial charge in [0.15, 0.2) is 0 Å². The Labute approximate surface area is 155 Å². The van der Waals surface area contributed by atoms with E-state index in [9.17, 15) is 9.59 Å². The molecule has 117 valence electrons. The third-order valence-electron chi connectivity index (χ3n) is 3.06. The van der Waals surface area contributed by atoms with Crippen LogP contribution in [0.4, 0.5) is 0 Å². The molecule has 1 atom stereocenters. The van der Waals surface area contributed by atoms with Crippen molar-refractivity contribution in [3.8, 4) is 0 Å². The number of benzene rings is 1. The van der Waals surface area contributed by atoms with Crippen molar-refractivity contribution >= 4 is 22.7 Å². The van der Waals surface area contributed by atoms with Gasteiger partial charge in [-0.15, -0.1) is 5.52 Å². The van der Waals surface area contributed by atoms with Crippen LogP contribution in [0.3, 0.4) is 0 Å². The Balaban J connectivity index is 0.00000220. The number of hydrogen-bond donors (Lipinski definition) is 2. The summed E-state index contributed by atoms with van der Waals surface area (Å²) in [7, 11) is 0. The van der Waals surface area contributed by atoms with Crippen molar-refractivity contribution in [1.82, 2.24) is 15.5 Å². The van der Waals surface area contributed by atoms with Gasteiger partial charge in [-0.25, -0.2) is 0 Å². The minimum Gasteiger partial charge on any atom is -0.574 e. The van der Waals surface area contributed by atoms with E-state index in [0.29, 0.717) is 10.9 Å². The third-order valence-corrected chi connectivity index (χ3v) is 3.06. The Kier molecular flexibility index (Phi) is 7.38. The van der Waals surface area contributed by atoms with E-state index in [4.69, 9.17) is 5.73 Å². The molecule has 1 aromatic carbocycles.